The highest BCUT2D eigenvalue weighted by atomic mass is 79.9. The Bertz CT molecular complexity index is 1280. The van der Waals surface area contributed by atoms with Gasteiger partial charge in [0.15, 0.2) is 29.0 Å². The number of nitrogens with zero attached hydrogens (tertiary/aromatic N) is 1. The highest BCUT2D eigenvalue weighted by Crippen LogP contribution is 2.39. The van der Waals surface area contributed by atoms with Gasteiger partial charge in [0.05, 0.1) is 21.7 Å². The van der Waals surface area contributed by atoms with Crippen LogP contribution < -0.4 is 14.8 Å². The Morgan fingerprint density at radius 1 is 1.23 bits per heavy atom. The van der Waals surface area contributed by atoms with E-state index in [1.807, 2.05) is 5.32 Å². The van der Waals surface area contributed by atoms with Gasteiger partial charge < -0.3 is 14.8 Å². The van der Waals surface area contributed by atoms with Gasteiger partial charge in [0.25, 0.3) is 11.1 Å². The minimum absolute atomic E-state index is 0.00738. The van der Waals surface area contributed by atoms with E-state index in [2.05, 4.69) is 21.9 Å². The number of hydrogen-bond donors (Lipinski definition) is 1. The van der Waals surface area contributed by atoms with Gasteiger partial charge in [-0.1, -0.05) is 5.92 Å². The van der Waals surface area contributed by atoms with E-state index in [0.29, 0.717) is 50.9 Å². The second kappa shape index (κ2) is 11.3. The Labute approximate surface area is 210 Å². The summed E-state index contributed by atoms with van der Waals surface area (Å²) in [7, 11) is 0. The number of benzene rings is 2. The zero-order chi connectivity index (χ0) is 25.7. The molecule has 35 heavy (non-hydrogen) atoms. The predicted molar refractivity (Wildman–Crippen MR) is 127 cm³/mol. The number of carbonyl (C=O) groups is 3. The molecule has 12 heteroatoms. The van der Waals surface area contributed by atoms with E-state index < -0.39 is 46.7 Å². The molecule has 1 aliphatic heterocycles. The van der Waals surface area contributed by atoms with Gasteiger partial charge >= 0.3 is 0 Å². The predicted octanol–water partition coefficient (Wildman–Crippen LogP) is 4.95. The van der Waals surface area contributed by atoms with E-state index in [1.165, 1.54) is 6.08 Å². The number of carbonyl (C=O) groups excluding carboxylic acids is 3. The monoisotopic (exact) mass is 568 g/mol. The maximum absolute atomic E-state index is 13.8. The summed E-state index contributed by atoms with van der Waals surface area (Å²) in [5.74, 6) is -3.44. The number of halogens is 4. The van der Waals surface area contributed by atoms with E-state index in [1.54, 1.807) is 19.1 Å². The molecule has 2 aromatic rings. The van der Waals surface area contributed by atoms with Crippen LogP contribution in [0.25, 0.3) is 6.08 Å². The summed E-state index contributed by atoms with van der Waals surface area (Å²) < 4.78 is 51.8. The number of nitrogens with one attached hydrogen (secondary N) is 1. The van der Waals surface area contributed by atoms with E-state index in [9.17, 15) is 27.6 Å². The number of hydrogen-bond acceptors (Lipinski definition) is 6. The quantitative estimate of drug-likeness (QED) is 0.275. The standard InChI is InChI=1S/C23H16BrF3N2O5S/c1-3-7-34-21-13(24)8-12(9-16(21)33-4-2)10-17-22(31)29(23(32)35-17)11-18(30)28-15-6-5-14(25)19(26)20(15)27/h1,5-6,8-10H,4,7,11H2,2H3,(H,28,30)/b17-10-. The topological polar surface area (TPSA) is 84.9 Å². The molecule has 1 heterocycles. The molecule has 3 amide bonds. The normalized spacial score (nSPS) is 14.3. The third kappa shape index (κ3) is 5.98. The van der Waals surface area contributed by atoms with Crippen LogP contribution in [0.2, 0.25) is 0 Å². The number of thioether (sulfide) groups is 1. The molecule has 3 rings (SSSR count). The molecule has 1 saturated heterocycles. The first-order chi connectivity index (χ1) is 16.7. The second-order valence-electron chi connectivity index (χ2n) is 6.79. The van der Waals surface area contributed by atoms with Gasteiger partial charge in [-0.2, -0.15) is 0 Å². The van der Waals surface area contributed by atoms with E-state index >= 15 is 0 Å². The van der Waals surface area contributed by atoms with Crippen LogP contribution in [0.1, 0.15) is 12.5 Å². The maximum atomic E-state index is 13.8. The Kier molecular flexibility index (Phi) is 8.48. The Morgan fingerprint density at radius 2 is 1.97 bits per heavy atom. The van der Waals surface area contributed by atoms with Crippen LogP contribution in [0.5, 0.6) is 11.5 Å². The summed E-state index contributed by atoms with van der Waals surface area (Å²) in [5.41, 5.74) is -0.135. The van der Waals surface area contributed by atoms with Crippen molar-refractivity contribution < 1.29 is 37.0 Å². The number of terminal acetylenes is 1. The molecule has 0 atom stereocenters. The van der Waals surface area contributed by atoms with Gasteiger partial charge in [-0.25, -0.2) is 13.2 Å². The lowest BCUT2D eigenvalue weighted by atomic mass is 10.2. The first kappa shape index (κ1) is 26.2. The molecular weight excluding hydrogens is 553 g/mol. The minimum Gasteiger partial charge on any atom is -0.490 e. The summed E-state index contributed by atoms with van der Waals surface area (Å²) in [6.45, 7) is 1.35. The molecule has 1 aliphatic rings. The van der Waals surface area contributed by atoms with E-state index in [-0.39, 0.29) is 11.5 Å². The van der Waals surface area contributed by atoms with Gasteiger partial charge in [0.1, 0.15) is 13.2 Å². The lowest BCUT2D eigenvalue weighted by molar-refractivity contribution is -0.127. The van der Waals surface area contributed by atoms with Crippen LogP contribution >= 0.6 is 27.7 Å². The maximum Gasteiger partial charge on any atom is 0.294 e. The fourth-order valence-corrected chi connectivity index (χ4v) is 4.34. The Morgan fingerprint density at radius 3 is 2.66 bits per heavy atom. The van der Waals surface area contributed by atoms with Gasteiger partial charge in [-0.3, -0.25) is 19.3 Å². The van der Waals surface area contributed by atoms with Crippen molar-refractivity contribution in [3.8, 4) is 23.8 Å². The van der Waals surface area contributed by atoms with Crippen LogP contribution in [-0.2, 0) is 9.59 Å². The van der Waals surface area contributed by atoms with Crippen molar-refractivity contribution in [3.63, 3.8) is 0 Å². The summed E-state index contributed by atoms with van der Waals surface area (Å²) in [6.07, 6.45) is 6.66. The van der Waals surface area contributed by atoms with Crippen molar-refractivity contribution in [2.75, 3.05) is 25.1 Å². The molecule has 1 fully saturated rings. The van der Waals surface area contributed by atoms with Crippen molar-refractivity contribution >= 4 is 56.5 Å². The van der Waals surface area contributed by atoms with Crippen LogP contribution in [0.3, 0.4) is 0 Å². The Hall–Kier alpha value is -3.43. The number of imide groups is 1. The molecule has 0 radical (unpaired) electrons. The summed E-state index contributed by atoms with van der Waals surface area (Å²) >= 11 is 3.96. The first-order valence-corrected chi connectivity index (χ1v) is 11.5. The molecule has 0 unspecified atom stereocenters. The highest BCUT2D eigenvalue weighted by Gasteiger charge is 2.36. The van der Waals surface area contributed by atoms with E-state index in [0.717, 1.165) is 6.07 Å². The van der Waals surface area contributed by atoms with Crippen LogP contribution in [0.4, 0.5) is 23.7 Å². The number of anilines is 1. The third-order valence-corrected chi connectivity index (χ3v) is 5.91. The van der Waals surface area contributed by atoms with Gasteiger partial charge in [0.2, 0.25) is 5.91 Å². The summed E-state index contributed by atoms with van der Waals surface area (Å²) in [5, 5.41) is 1.28. The molecule has 0 aliphatic carbocycles. The van der Waals surface area contributed by atoms with Crippen LogP contribution in [0, 0.1) is 29.8 Å². The van der Waals surface area contributed by atoms with Crippen LogP contribution in [0.15, 0.2) is 33.6 Å². The zero-order valence-corrected chi connectivity index (χ0v) is 20.4. The first-order valence-electron chi connectivity index (χ1n) is 9.87. The second-order valence-corrected chi connectivity index (χ2v) is 8.64. The number of amides is 3. The van der Waals surface area contributed by atoms with Gasteiger partial charge in [0, 0.05) is 0 Å². The van der Waals surface area contributed by atoms with Crippen molar-refractivity contribution in [2.45, 2.75) is 6.92 Å². The fraction of sp³-hybridized carbons (Fsp3) is 0.174. The third-order valence-electron chi connectivity index (χ3n) is 4.41. The van der Waals surface area contributed by atoms with Crippen molar-refractivity contribution in [1.29, 1.82) is 0 Å². The SMILES string of the molecule is C#CCOc1c(Br)cc(/C=C2\SC(=O)N(CC(=O)Nc3ccc(F)c(F)c3F)C2=O)cc1OCC. The molecule has 0 spiro atoms. The largest absolute Gasteiger partial charge is 0.490 e. The molecule has 1 N–H and O–H groups in total. The molecule has 0 saturated carbocycles. The van der Waals surface area contributed by atoms with Crippen molar-refractivity contribution in [3.05, 3.63) is 56.7 Å². The lowest BCUT2D eigenvalue weighted by Gasteiger charge is -2.14. The summed E-state index contributed by atoms with van der Waals surface area (Å²) in [4.78, 5) is 38.0. The summed E-state index contributed by atoms with van der Waals surface area (Å²) in [6, 6.07) is 4.67. The van der Waals surface area contributed by atoms with Gasteiger partial charge in [-0.05, 0) is 70.5 Å². The molecular formula is C23H16BrF3N2O5S. The van der Waals surface area contributed by atoms with E-state index in [4.69, 9.17) is 15.9 Å². The highest BCUT2D eigenvalue weighted by molar-refractivity contribution is 9.10. The average Bonchev–Trinajstić information content (AvgIpc) is 3.06. The molecule has 2 aromatic carbocycles. The zero-order valence-electron chi connectivity index (χ0n) is 18.0. The average molecular weight is 569 g/mol. The van der Waals surface area contributed by atoms with Crippen LogP contribution in [-0.4, -0.2) is 41.7 Å². The molecule has 0 aromatic heterocycles. The molecule has 182 valence electrons. The molecule has 0 bridgehead atoms. The minimum atomic E-state index is -1.76. The molecule has 7 nitrogen and oxygen atoms in total. The Balaban J connectivity index is 1.78. The number of rotatable bonds is 8. The lowest BCUT2D eigenvalue weighted by Crippen LogP contribution is -2.36. The number of ether oxygens (including phenoxy) is 2. The smallest absolute Gasteiger partial charge is 0.294 e. The van der Waals surface area contributed by atoms with Gasteiger partial charge in [-0.15, -0.1) is 6.42 Å². The van der Waals surface area contributed by atoms with Crippen molar-refractivity contribution in [2.24, 2.45) is 0 Å². The fourth-order valence-electron chi connectivity index (χ4n) is 2.93. The van der Waals surface area contributed by atoms with Crippen molar-refractivity contribution in [1.82, 2.24) is 4.90 Å².